The van der Waals surface area contributed by atoms with Crippen molar-refractivity contribution in [3.05, 3.63) is 29.8 Å². The van der Waals surface area contributed by atoms with Crippen LogP contribution in [0, 0.1) is 0 Å². The lowest BCUT2D eigenvalue weighted by Gasteiger charge is -2.21. The van der Waals surface area contributed by atoms with Gasteiger partial charge in [0.25, 0.3) is 0 Å². The first-order valence-electron chi connectivity index (χ1n) is 7.52. The van der Waals surface area contributed by atoms with Crippen LogP contribution in [-0.2, 0) is 4.74 Å². The molecule has 0 aromatic heterocycles. The van der Waals surface area contributed by atoms with Gasteiger partial charge in [-0.05, 0) is 31.9 Å². The van der Waals surface area contributed by atoms with Crippen LogP contribution in [-0.4, -0.2) is 48.8 Å². The highest BCUT2D eigenvalue weighted by molar-refractivity contribution is 7.80. The minimum absolute atomic E-state index is 0.329. The van der Waals surface area contributed by atoms with Crippen LogP contribution in [0.25, 0.3) is 0 Å². The molecular formula is C16H24N2O2S. The van der Waals surface area contributed by atoms with Crippen molar-refractivity contribution in [2.45, 2.75) is 25.9 Å². The highest BCUT2D eigenvalue weighted by atomic mass is 32.1. The van der Waals surface area contributed by atoms with Crippen molar-refractivity contribution in [3.8, 4) is 5.75 Å². The highest BCUT2D eigenvalue weighted by Gasteiger charge is 2.14. The third-order valence-corrected chi connectivity index (χ3v) is 3.78. The SMILES string of the molecule is CC1CN(CCCOc2cccc(C(N)=S)c2)CCCO1. The number of nitrogens with two attached hydrogens (primary N) is 1. The molecule has 1 aromatic carbocycles. The molecular weight excluding hydrogens is 284 g/mol. The molecule has 0 bridgehead atoms. The summed E-state index contributed by atoms with van der Waals surface area (Å²) in [7, 11) is 0. The van der Waals surface area contributed by atoms with Gasteiger partial charge in [0, 0.05) is 31.8 Å². The average molecular weight is 308 g/mol. The van der Waals surface area contributed by atoms with Gasteiger partial charge in [0.2, 0.25) is 0 Å². The van der Waals surface area contributed by atoms with E-state index in [0.29, 0.717) is 17.7 Å². The molecule has 21 heavy (non-hydrogen) atoms. The van der Waals surface area contributed by atoms with E-state index in [4.69, 9.17) is 27.4 Å². The van der Waals surface area contributed by atoms with Crippen molar-refractivity contribution in [2.75, 3.05) is 32.8 Å². The summed E-state index contributed by atoms with van der Waals surface area (Å²) in [5.41, 5.74) is 6.47. The van der Waals surface area contributed by atoms with Crippen LogP contribution in [0.3, 0.4) is 0 Å². The van der Waals surface area contributed by atoms with E-state index >= 15 is 0 Å². The molecule has 1 fully saturated rings. The Morgan fingerprint density at radius 1 is 1.52 bits per heavy atom. The van der Waals surface area contributed by atoms with Crippen molar-refractivity contribution < 1.29 is 9.47 Å². The molecule has 0 amide bonds. The van der Waals surface area contributed by atoms with Crippen LogP contribution in [0.4, 0.5) is 0 Å². The molecule has 116 valence electrons. The van der Waals surface area contributed by atoms with Gasteiger partial charge in [-0.1, -0.05) is 24.4 Å². The Kier molecular flexibility index (Phi) is 6.42. The lowest BCUT2D eigenvalue weighted by atomic mass is 10.2. The van der Waals surface area contributed by atoms with Crippen molar-refractivity contribution in [3.63, 3.8) is 0 Å². The molecule has 0 radical (unpaired) electrons. The largest absolute Gasteiger partial charge is 0.494 e. The van der Waals surface area contributed by atoms with E-state index in [-0.39, 0.29) is 0 Å². The molecule has 1 unspecified atom stereocenters. The van der Waals surface area contributed by atoms with Crippen molar-refractivity contribution >= 4 is 17.2 Å². The van der Waals surface area contributed by atoms with Gasteiger partial charge in [0.15, 0.2) is 0 Å². The van der Waals surface area contributed by atoms with E-state index in [0.717, 1.165) is 50.4 Å². The number of nitrogens with zero attached hydrogens (tertiary/aromatic N) is 1. The first-order valence-corrected chi connectivity index (χ1v) is 7.92. The Balaban J connectivity index is 1.71. The molecule has 4 nitrogen and oxygen atoms in total. The molecule has 1 aliphatic rings. The number of hydrogen-bond donors (Lipinski definition) is 1. The molecule has 1 aromatic rings. The van der Waals surface area contributed by atoms with Gasteiger partial charge in [-0.15, -0.1) is 0 Å². The number of ether oxygens (including phenoxy) is 2. The number of hydrogen-bond acceptors (Lipinski definition) is 4. The van der Waals surface area contributed by atoms with E-state index in [2.05, 4.69) is 11.8 Å². The smallest absolute Gasteiger partial charge is 0.119 e. The quantitative estimate of drug-likeness (QED) is 0.645. The van der Waals surface area contributed by atoms with Gasteiger partial charge in [-0.25, -0.2) is 0 Å². The van der Waals surface area contributed by atoms with Crippen molar-refractivity contribution in [1.82, 2.24) is 4.90 Å². The second-order valence-corrected chi connectivity index (χ2v) is 5.87. The Morgan fingerprint density at radius 2 is 2.38 bits per heavy atom. The van der Waals surface area contributed by atoms with Crippen LogP contribution >= 0.6 is 12.2 Å². The minimum Gasteiger partial charge on any atom is -0.494 e. The maximum Gasteiger partial charge on any atom is 0.119 e. The predicted octanol–water partition coefficient (Wildman–Crippen LogP) is 2.20. The predicted molar refractivity (Wildman–Crippen MR) is 88.9 cm³/mol. The van der Waals surface area contributed by atoms with E-state index in [1.54, 1.807) is 0 Å². The number of benzene rings is 1. The fourth-order valence-corrected chi connectivity index (χ4v) is 2.63. The molecule has 1 heterocycles. The van der Waals surface area contributed by atoms with Crippen LogP contribution in [0.1, 0.15) is 25.3 Å². The Bertz CT molecular complexity index is 467. The normalized spacial score (nSPS) is 20.0. The average Bonchev–Trinajstić information content (AvgIpc) is 2.68. The fraction of sp³-hybridized carbons (Fsp3) is 0.562. The summed E-state index contributed by atoms with van der Waals surface area (Å²) in [4.78, 5) is 2.85. The zero-order valence-electron chi connectivity index (χ0n) is 12.6. The molecule has 2 rings (SSSR count). The van der Waals surface area contributed by atoms with Gasteiger partial charge < -0.3 is 20.1 Å². The molecule has 0 spiro atoms. The zero-order valence-corrected chi connectivity index (χ0v) is 13.4. The third-order valence-electron chi connectivity index (χ3n) is 3.54. The molecule has 1 atom stereocenters. The van der Waals surface area contributed by atoms with Gasteiger partial charge in [-0.2, -0.15) is 0 Å². The fourth-order valence-electron chi connectivity index (χ4n) is 2.50. The van der Waals surface area contributed by atoms with Gasteiger partial charge in [0.05, 0.1) is 12.7 Å². The summed E-state index contributed by atoms with van der Waals surface area (Å²) >= 11 is 4.97. The minimum atomic E-state index is 0.329. The van der Waals surface area contributed by atoms with Crippen LogP contribution in [0.2, 0.25) is 0 Å². The second-order valence-electron chi connectivity index (χ2n) is 5.43. The van der Waals surface area contributed by atoms with E-state index < -0.39 is 0 Å². The first kappa shape index (κ1) is 16.2. The topological polar surface area (TPSA) is 47.7 Å². The summed E-state index contributed by atoms with van der Waals surface area (Å²) in [5.74, 6) is 0.827. The van der Waals surface area contributed by atoms with Gasteiger partial charge >= 0.3 is 0 Å². The monoisotopic (exact) mass is 308 g/mol. The summed E-state index contributed by atoms with van der Waals surface area (Å²) in [5, 5.41) is 0. The molecule has 1 saturated heterocycles. The Morgan fingerprint density at radius 3 is 3.19 bits per heavy atom. The maximum absolute atomic E-state index is 5.77. The van der Waals surface area contributed by atoms with Gasteiger partial charge in [0.1, 0.15) is 10.7 Å². The maximum atomic E-state index is 5.77. The lowest BCUT2D eigenvalue weighted by Crippen LogP contribution is -2.31. The van der Waals surface area contributed by atoms with Gasteiger partial charge in [-0.3, -0.25) is 0 Å². The first-order chi connectivity index (χ1) is 10.1. The van der Waals surface area contributed by atoms with E-state index in [1.165, 1.54) is 0 Å². The molecule has 0 saturated carbocycles. The third kappa shape index (κ3) is 5.61. The Hall–Kier alpha value is -1.17. The summed E-state index contributed by atoms with van der Waals surface area (Å²) in [6, 6.07) is 7.64. The standard InChI is InChI=1S/C16H24N2O2S/c1-13-12-18(7-3-9-19-13)8-4-10-20-15-6-2-5-14(11-15)16(17)21/h2,5-6,11,13H,3-4,7-10,12H2,1H3,(H2,17,21). The number of thiocarbonyl (C=S) groups is 1. The van der Waals surface area contributed by atoms with Crippen molar-refractivity contribution in [1.29, 1.82) is 0 Å². The number of rotatable bonds is 6. The molecule has 1 aliphatic heterocycles. The summed E-state index contributed by atoms with van der Waals surface area (Å²) in [6.07, 6.45) is 2.45. The zero-order chi connectivity index (χ0) is 15.1. The van der Waals surface area contributed by atoms with Crippen LogP contribution < -0.4 is 10.5 Å². The molecule has 2 N–H and O–H groups in total. The molecule has 0 aliphatic carbocycles. The van der Waals surface area contributed by atoms with Crippen molar-refractivity contribution in [2.24, 2.45) is 5.73 Å². The highest BCUT2D eigenvalue weighted by Crippen LogP contribution is 2.14. The van der Waals surface area contributed by atoms with E-state index in [9.17, 15) is 0 Å². The lowest BCUT2D eigenvalue weighted by molar-refractivity contribution is 0.0670. The summed E-state index contributed by atoms with van der Waals surface area (Å²) in [6.45, 7) is 6.88. The second kappa shape index (κ2) is 8.32. The Labute approximate surface area is 132 Å². The van der Waals surface area contributed by atoms with Crippen LogP contribution in [0.5, 0.6) is 5.75 Å². The summed E-state index contributed by atoms with van der Waals surface area (Å²) < 4.78 is 11.4. The molecule has 5 heteroatoms. The van der Waals surface area contributed by atoms with Crippen LogP contribution in [0.15, 0.2) is 24.3 Å². The van der Waals surface area contributed by atoms with E-state index in [1.807, 2.05) is 24.3 Å².